The van der Waals surface area contributed by atoms with Crippen molar-refractivity contribution < 1.29 is 4.79 Å². The normalized spacial score (nSPS) is 11.0. The molecule has 146 valence electrons. The predicted octanol–water partition coefficient (Wildman–Crippen LogP) is 6.45. The van der Waals surface area contributed by atoms with E-state index in [0.29, 0.717) is 6.42 Å². The molecule has 4 rings (SSSR count). The van der Waals surface area contributed by atoms with Crippen LogP contribution in [0.1, 0.15) is 26.7 Å². The zero-order valence-corrected chi connectivity index (χ0v) is 18.7. The van der Waals surface area contributed by atoms with Gasteiger partial charge in [0.15, 0.2) is 0 Å². The van der Waals surface area contributed by atoms with Gasteiger partial charge in [0.1, 0.15) is 0 Å². The van der Waals surface area contributed by atoms with Crippen LogP contribution in [0.15, 0.2) is 65.1 Å². The molecular weight excluding hydrogens is 444 g/mol. The minimum Gasteiger partial charge on any atom is -0.326 e. The number of aromatic nitrogens is 1. The topological polar surface area (TPSA) is 42.0 Å². The van der Waals surface area contributed by atoms with Gasteiger partial charge in [-0.1, -0.05) is 64.5 Å². The molecule has 0 spiro atoms. The highest BCUT2D eigenvalue weighted by molar-refractivity contribution is 9.10. The molecule has 0 saturated heterocycles. The summed E-state index contributed by atoms with van der Waals surface area (Å²) in [5.41, 5.74) is 4.13. The summed E-state index contributed by atoms with van der Waals surface area (Å²) in [6.07, 6.45) is 1.12. The number of hydrogen-bond donors (Lipinski definition) is 1. The van der Waals surface area contributed by atoms with E-state index in [0.717, 1.165) is 37.7 Å². The quantitative estimate of drug-likeness (QED) is 0.368. The minimum absolute atomic E-state index is 0.0239. The number of fused-ring (bicyclic) bond motifs is 1. The number of anilines is 1. The average Bonchev–Trinajstić information content (AvgIpc) is 3.04. The van der Waals surface area contributed by atoms with Gasteiger partial charge < -0.3 is 5.32 Å². The summed E-state index contributed by atoms with van der Waals surface area (Å²) in [5.74, 6) is -0.0239. The Morgan fingerprint density at radius 2 is 1.86 bits per heavy atom. The van der Waals surface area contributed by atoms with Gasteiger partial charge in [-0.2, -0.15) is 0 Å². The van der Waals surface area contributed by atoms with Gasteiger partial charge in [-0.15, -0.1) is 11.3 Å². The van der Waals surface area contributed by atoms with Crippen molar-refractivity contribution in [3.05, 3.63) is 91.8 Å². The lowest BCUT2D eigenvalue weighted by molar-refractivity contribution is -0.115. The Bertz CT molecular complexity index is 1190. The Morgan fingerprint density at radius 1 is 1.07 bits per heavy atom. The first-order valence-electron chi connectivity index (χ1n) is 9.47. The van der Waals surface area contributed by atoms with Crippen LogP contribution in [-0.4, -0.2) is 10.9 Å². The molecule has 4 aromatic rings. The molecule has 3 nitrogen and oxygen atoms in total. The fourth-order valence-electron chi connectivity index (χ4n) is 3.36. The third-order valence-corrected chi connectivity index (χ3v) is 6.95. The Labute approximate surface area is 182 Å². The Morgan fingerprint density at radius 3 is 2.69 bits per heavy atom. The molecule has 5 heteroatoms. The van der Waals surface area contributed by atoms with E-state index in [1.165, 1.54) is 16.3 Å². The lowest BCUT2D eigenvalue weighted by Gasteiger charge is -2.06. The number of aryl methyl sites for hydroxylation is 2. The van der Waals surface area contributed by atoms with Crippen LogP contribution in [0.3, 0.4) is 0 Å². The van der Waals surface area contributed by atoms with E-state index in [4.69, 9.17) is 4.98 Å². The van der Waals surface area contributed by atoms with Gasteiger partial charge in [-0.3, -0.25) is 4.79 Å². The largest absolute Gasteiger partial charge is 0.326 e. The van der Waals surface area contributed by atoms with Crippen molar-refractivity contribution in [1.29, 1.82) is 0 Å². The van der Waals surface area contributed by atoms with E-state index in [-0.39, 0.29) is 5.91 Å². The van der Waals surface area contributed by atoms with Crippen LogP contribution in [0.4, 0.5) is 5.69 Å². The molecule has 1 amide bonds. The van der Waals surface area contributed by atoms with E-state index in [1.807, 2.05) is 32.0 Å². The standard InChI is InChI=1S/C24H21BrN2OS/c1-15-10-11-19(13-21(15)25)27-23(28)14-22-16(2)26-24(29-22)12-18-8-5-7-17-6-3-4-9-20(17)18/h3-11,13H,12,14H2,1-2H3,(H,27,28). The van der Waals surface area contributed by atoms with Crippen molar-refractivity contribution in [2.45, 2.75) is 26.7 Å². The molecule has 1 heterocycles. The molecular formula is C24H21BrN2OS. The lowest BCUT2D eigenvalue weighted by Crippen LogP contribution is -2.14. The van der Waals surface area contributed by atoms with Crippen molar-refractivity contribution >= 4 is 49.6 Å². The highest BCUT2D eigenvalue weighted by Gasteiger charge is 2.13. The zero-order chi connectivity index (χ0) is 20.4. The first-order valence-corrected chi connectivity index (χ1v) is 11.1. The molecule has 0 radical (unpaired) electrons. The van der Waals surface area contributed by atoms with E-state index < -0.39 is 0 Å². The number of carbonyl (C=O) groups is 1. The summed E-state index contributed by atoms with van der Waals surface area (Å²) < 4.78 is 0.988. The van der Waals surface area contributed by atoms with Gasteiger partial charge in [0.25, 0.3) is 0 Å². The van der Waals surface area contributed by atoms with Gasteiger partial charge >= 0.3 is 0 Å². The third kappa shape index (κ3) is 4.57. The Balaban J connectivity index is 1.49. The number of nitrogens with zero attached hydrogens (tertiary/aromatic N) is 1. The number of carbonyl (C=O) groups excluding carboxylic acids is 1. The van der Waals surface area contributed by atoms with Crippen molar-refractivity contribution in [2.75, 3.05) is 5.32 Å². The molecule has 0 fully saturated rings. The van der Waals surface area contributed by atoms with Crippen molar-refractivity contribution in [1.82, 2.24) is 4.98 Å². The van der Waals surface area contributed by atoms with Crippen molar-refractivity contribution in [3.8, 4) is 0 Å². The maximum absolute atomic E-state index is 12.5. The van der Waals surface area contributed by atoms with E-state index in [2.05, 4.69) is 63.7 Å². The molecule has 3 aromatic carbocycles. The van der Waals surface area contributed by atoms with Gasteiger partial charge in [-0.25, -0.2) is 4.98 Å². The summed E-state index contributed by atoms with van der Waals surface area (Å²) in [4.78, 5) is 18.3. The van der Waals surface area contributed by atoms with Crippen LogP contribution in [0.2, 0.25) is 0 Å². The molecule has 0 saturated carbocycles. The predicted molar refractivity (Wildman–Crippen MR) is 125 cm³/mol. The summed E-state index contributed by atoms with van der Waals surface area (Å²) >= 11 is 5.13. The molecule has 0 aliphatic carbocycles. The third-order valence-electron chi connectivity index (χ3n) is 4.94. The summed E-state index contributed by atoms with van der Waals surface area (Å²) in [6.45, 7) is 4.00. The molecule has 0 atom stereocenters. The summed E-state index contributed by atoms with van der Waals surface area (Å²) in [7, 11) is 0. The summed E-state index contributed by atoms with van der Waals surface area (Å²) in [6, 6.07) is 20.6. The fourth-order valence-corrected chi connectivity index (χ4v) is 4.83. The monoisotopic (exact) mass is 464 g/mol. The van der Waals surface area contributed by atoms with Crippen LogP contribution >= 0.6 is 27.3 Å². The van der Waals surface area contributed by atoms with Gasteiger partial charge in [0.2, 0.25) is 5.91 Å². The molecule has 29 heavy (non-hydrogen) atoms. The Kier molecular flexibility index (Phi) is 5.79. The average molecular weight is 465 g/mol. The van der Waals surface area contributed by atoms with Gasteiger partial charge in [0, 0.05) is 21.5 Å². The van der Waals surface area contributed by atoms with E-state index >= 15 is 0 Å². The van der Waals surface area contributed by atoms with E-state index in [1.54, 1.807) is 11.3 Å². The molecule has 0 bridgehead atoms. The van der Waals surface area contributed by atoms with Crippen LogP contribution in [0.25, 0.3) is 10.8 Å². The number of halogens is 1. The smallest absolute Gasteiger partial charge is 0.229 e. The molecule has 1 aromatic heterocycles. The number of nitrogens with one attached hydrogen (secondary N) is 1. The van der Waals surface area contributed by atoms with Crippen LogP contribution in [0, 0.1) is 13.8 Å². The molecule has 1 N–H and O–H groups in total. The molecule has 0 aliphatic heterocycles. The Hall–Kier alpha value is -2.50. The number of hydrogen-bond acceptors (Lipinski definition) is 3. The molecule has 0 unspecified atom stereocenters. The highest BCUT2D eigenvalue weighted by Crippen LogP contribution is 2.26. The second-order valence-corrected chi connectivity index (χ2v) is 9.14. The van der Waals surface area contributed by atoms with Crippen molar-refractivity contribution in [3.63, 3.8) is 0 Å². The maximum atomic E-state index is 12.5. The first kappa shape index (κ1) is 19.8. The van der Waals surface area contributed by atoms with Crippen molar-refractivity contribution in [2.24, 2.45) is 0 Å². The van der Waals surface area contributed by atoms with E-state index in [9.17, 15) is 4.79 Å². The number of rotatable bonds is 5. The second-order valence-electron chi connectivity index (χ2n) is 7.12. The maximum Gasteiger partial charge on any atom is 0.229 e. The van der Waals surface area contributed by atoms with Crippen LogP contribution in [0.5, 0.6) is 0 Å². The minimum atomic E-state index is -0.0239. The first-order chi connectivity index (χ1) is 14.0. The van der Waals surface area contributed by atoms with Crippen LogP contribution < -0.4 is 5.32 Å². The lowest BCUT2D eigenvalue weighted by atomic mass is 10.0. The molecule has 0 aliphatic rings. The second kappa shape index (κ2) is 8.47. The van der Waals surface area contributed by atoms with Gasteiger partial charge in [-0.05, 0) is 47.9 Å². The highest BCUT2D eigenvalue weighted by atomic mass is 79.9. The number of benzene rings is 3. The number of thiazole rings is 1. The SMILES string of the molecule is Cc1ccc(NC(=O)Cc2sc(Cc3cccc4ccccc34)nc2C)cc1Br. The summed E-state index contributed by atoms with van der Waals surface area (Å²) in [5, 5.41) is 6.51. The van der Waals surface area contributed by atoms with Crippen LogP contribution in [-0.2, 0) is 17.6 Å². The number of amides is 1. The fraction of sp³-hybridized carbons (Fsp3) is 0.167. The zero-order valence-electron chi connectivity index (χ0n) is 16.3. The van der Waals surface area contributed by atoms with Gasteiger partial charge in [0.05, 0.1) is 17.1 Å².